The fraction of sp³-hybridized carbons (Fsp3) is 0.385. The third kappa shape index (κ3) is 4.57. The molecule has 2 aromatic rings. The molecule has 0 saturated carbocycles. The van der Waals surface area contributed by atoms with E-state index in [1.165, 1.54) is 38.2 Å². The predicted molar refractivity (Wildman–Crippen MR) is 140 cm³/mol. The molecule has 0 fully saturated rings. The summed E-state index contributed by atoms with van der Waals surface area (Å²) in [6, 6.07) is 13.8. The number of allylic oxidation sites excluding steroid dienone is 4. The molecular formula is C26H33Cl3SiTi. The van der Waals surface area contributed by atoms with E-state index in [1.54, 1.807) is 0 Å². The number of rotatable bonds is 4. The molecule has 2 aromatic carbocycles. The van der Waals surface area contributed by atoms with Crippen LogP contribution in [0.3, 0.4) is 0 Å². The summed E-state index contributed by atoms with van der Waals surface area (Å²) in [7, 11) is 18.8. The van der Waals surface area contributed by atoms with Crippen LogP contribution in [0, 0.1) is 33.1 Å². The number of benzene rings is 2. The molecule has 1 aliphatic rings. The van der Waals surface area contributed by atoms with Gasteiger partial charge in [-0.3, -0.25) is 0 Å². The first kappa shape index (κ1) is 25.3. The Morgan fingerprint density at radius 2 is 1.13 bits per heavy atom. The zero-order valence-corrected chi connectivity index (χ0v) is 24.7. The van der Waals surface area contributed by atoms with E-state index in [4.69, 9.17) is 27.9 Å². The van der Waals surface area contributed by atoms with Gasteiger partial charge in [-0.05, 0) is 0 Å². The Hall–Kier alpha value is -0.279. The van der Waals surface area contributed by atoms with Gasteiger partial charge in [-0.1, -0.05) is 0 Å². The van der Waals surface area contributed by atoms with Crippen molar-refractivity contribution in [3.05, 3.63) is 82.5 Å². The molecule has 166 valence electrons. The van der Waals surface area contributed by atoms with Crippen molar-refractivity contribution in [1.82, 2.24) is 0 Å². The summed E-state index contributed by atoms with van der Waals surface area (Å²) in [5, 5.41) is 2.67. The topological polar surface area (TPSA) is 0 Å². The molecule has 1 atom stereocenters. The van der Waals surface area contributed by atoms with Crippen molar-refractivity contribution in [2.75, 3.05) is 0 Å². The van der Waals surface area contributed by atoms with E-state index in [9.17, 15) is 0 Å². The van der Waals surface area contributed by atoms with Crippen LogP contribution in [0.4, 0.5) is 0 Å². The SMILES string of the molecule is Cc1cc(C)cc([Si](C)(c2cc(C)cc(C)c2)[C]2([Ti]([Cl])([Cl])[Cl])C=CC(C(C)(C)C)=C2)c1. The second kappa shape index (κ2) is 8.50. The Labute approximate surface area is 204 Å². The van der Waals surface area contributed by atoms with Gasteiger partial charge in [-0.15, -0.1) is 0 Å². The first-order chi connectivity index (χ1) is 14.1. The van der Waals surface area contributed by atoms with Gasteiger partial charge in [0.25, 0.3) is 0 Å². The molecule has 0 N–H and O–H groups in total. The minimum atomic E-state index is -3.87. The van der Waals surface area contributed by atoms with Crippen LogP contribution in [0.15, 0.2) is 60.2 Å². The second-order valence-electron chi connectivity index (χ2n) is 10.4. The third-order valence-electron chi connectivity index (χ3n) is 6.67. The summed E-state index contributed by atoms with van der Waals surface area (Å²) >= 11 is -3.87. The molecule has 0 heterocycles. The summed E-state index contributed by atoms with van der Waals surface area (Å²) in [4.78, 5) is 0. The van der Waals surface area contributed by atoms with Gasteiger partial charge >= 0.3 is 206 Å². The van der Waals surface area contributed by atoms with Crippen molar-refractivity contribution in [1.29, 1.82) is 0 Å². The van der Waals surface area contributed by atoms with Gasteiger partial charge in [0, 0.05) is 0 Å². The molecule has 0 amide bonds. The minimum absolute atomic E-state index is 0.00322. The zero-order valence-electron chi connectivity index (χ0n) is 19.8. The molecule has 0 nitrogen and oxygen atoms in total. The van der Waals surface area contributed by atoms with Crippen molar-refractivity contribution in [2.24, 2.45) is 5.41 Å². The van der Waals surface area contributed by atoms with E-state index >= 15 is 0 Å². The summed E-state index contributed by atoms with van der Waals surface area (Å²) < 4.78 is -0.527. The zero-order chi connectivity index (χ0) is 23.4. The van der Waals surface area contributed by atoms with Crippen molar-refractivity contribution < 1.29 is 13.4 Å². The van der Waals surface area contributed by atoms with Gasteiger partial charge in [0.1, 0.15) is 0 Å². The summed E-state index contributed by atoms with van der Waals surface area (Å²) in [6.07, 6.45) is 6.84. The monoisotopic (exact) mass is 526 g/mol. The van der Waals surface area contributed by atoms with Gasteiger partial charge in [0.2, 0.25) is 0 Å². The van der Waals surface area contributed by atoms with Crippen LogP contribution < -0.4 is 10.4 Å². The van der Waals surface area contributed by atoms with Crippen LogP contribution in [0.2, 0.25) is 9.89 Å². The fourth-order valence-electron chi connectivity index (χ4n) is 4.97. The molecule has 1 aliphatic carbocycles. The van der Waals surface area contributed by atoms with Gasteiger partial charge in [0.05, 0.1) is 0 Å². The van der Waals surface area contributed by atoms with Crippen LogP contribution in [0.1, 0.15) is 43.0 Å². The van der Waals surface area contributed by atoms with E-state index in [0.29, 0.717) is 0 Å². The fourth-order valence-corrected chi connectivity index (χ4v) is 23.2. The number of hydrogen-bond acceptors (Lipinski definition) is 0. The second-order valence-corrected chi connectivity index (χ2v) is 27.7. The van der Waals surface area contributed by atoms with Crippen molar-refractivity contribution >= 4 is 46.4 Å². The molecule has 5 heteroatoms. The molecule has 0 aromatic heterocycles. The number of aryl methyl sites for hydroxylation is 4. The van der Waals surface area contributed by atoms with Crippen LogP contribution in [-0.2, 0) is 13.4 Å². The predicted octanol–water partition coefficient (Wildman–Crippen LogP) is 7.97. The van der Waals surface area contributed by atoms with Crippen LogP contribution in [-0.4, -0.2) is 8.07 Å². The van der Waals surface area contributed by atoms with Crippen LogP contribution in [0.25, 0.3) is 0 Å². The Balaban J connectivity index is 2.48. The Bertz CT molecular complexity index is 981. The van der Waals surface area contributed by atoms with E-state index in [-0.39, 0.29) is 5.41 Å². The van der Waals surface area contributed by atoms with Crippen molar-refractivity contribution in [2.45, 2.75) is 58.4 Å². The van der Waals surface area contributed by atoms with E-state index in [2.05, 4.69) is 110 Å². The Morgan fingerprint density at radius 1 is 0.742 bits per heavy atom. The molecule has 0 aliphatic heterocycles. The van der Waals surface area contributed by atoms with E-state index in [0.717, 1.165) is 0 Å². The molecule has 0 bridgehead atoms. The van der Waals surface area contributed by atoms with Crippen molar-refractivity contribution in [3.63, 3.8) is 0 Å². The Kier molecular flexibility index (Phi) is 6.95. The summed E-state index contributed by atoms with van der Waals surface area (Å²) in [5.41, 5.74) is 6.28. The average Bonchev–Trinajstić information content (AvgIpc) is 3.06. The summed E-state index contributed by atoms with van der Waals surface area (Å²) in [5.74, 6) is 0. The third-order valence-corrected chi connectivity index (χ3v) is 23.2. The summed E-state index contributed by atoms with van der Waals surface area (Å²) in [6.45, 7) is 17.8. The van der Waals surface area contributed by atoms with Gasteiger partial charge < -0.3 is 0 Å². The first-order valence-electron chi connectivity index (χ1n) is 10.8. The molecule has 3 rings (SSSR count). The molecule has 0 saturated heterocycles. The number of halogens is 3. The van der Waals surface area contributed by atoms with E-state index < -0.39 is 24.8 Å². The van der Waals surface area contributed by atoms with Crippen molar-refractivity contribution in [3.8, 4) is 0 Å². The van der Waals surface area contributed by atoms with Gasteiger partial charge in [-0.25, -0.2) is 0 Å². The standard InChI is InChI=1S/C26H33Si.3ClH.Ti/c1-18-11-19(2)14-24(13-18)27(8,25-15-20(3)12-21(4)16-25)23-10-9-22(17-23)26(5,6)7;;;;/h9-17H,1-8H3;3*1H;/q;;;;+3/p-3. The first-order valence-corrected chi connectivity index (χ1v) is 20.5. The normalized spacial score (nSPS) is 19.6. The Morgan fingerprint density at radius 3 is 1.42 bits per heavy atom. The molecule has 0 radical (unpaired) electrons. The van der Waals surface area contributed by atoms with E-state index in [1.807, 2.05) is 0 Å². The van der Waals surface area contributed by atoms with Crippen LogP contribution >= 0.6 is 27.9 Å². The van der Waals surface area contributed by atoms with Crippen LogP contribution in [0.5, 0.6) is 0 Å². The van der Waals surface area contributed by atoms with Gasteiger partial charge in [0.15, 0.2) is 0 Å². The maximum absolute atomic E-state index is 7.11. The number of hydrogen-bond donors (Lipinski definition) is 0. The molecule has 0 spiro atoms. The molecular weight excluding hydrogens is 495 g/mol. The average molecular weight is 528 g/mol. The quantitative estimate of drug-likeness (QED) is 0.354. The van der Waals surface area contributed by atoms with Gasteiger partial charge in [-0.2, -0.15) is 0 Å². The molecule has 1 unspecified atom stereocenters. The maximum atomic E-state index is 7.11. The molecule has 31 heavy (non-hydrogen) atoms.